The number of aromatic nitrogens is 2. The van der Waals surface area contributed by atoms with E-state index in [0.717, 1.165) is 22.3 Å². The molecule has 0 saturated carbocycles. The van der Waals surface area contributed by atoms with Crippen molar-refractivity contribution in [2.75, 3.05) is 7.11 Å². The van der Waals surface area contributed by atoms with Crippen molar-refractivity contribution in [2.24, 2.45) is 0 Å². The molecular weight excluding hydrogens is 364 g/mol. The lowest BCUT2D eigenvalue weighted by Gasteiger charge is -2.17. The Bertz CT molecular complexity index is 1110. The smallest absolute Gasteiger partial charge is 0.258 e. The Morgan fingerprint density at radius 2 is 1.69 bits per heavy atom. The molecule has 0 radical (unpaired) electrons. The van der Waals surface area contributed by atoms with Crippen molar-refractivity contribution in [2.45, 2.75) is 20.0 Å². The summed E-state index contributed by atoms with van der Waals surface area (Å²) in [6.45, 7) is 4.04. The van der Waals surface area contributed by atoms with Crippen molar-refractivity contribution in [3.05, 3.63) is 83.9 Å². The van der Waals surface area contributed by atoms with Crippen LogP contribution in [0.25, 0.3) is 22.8 Å². The maximum Gasteiger partial charge on any atom is 0.258 e. The normalized spacial score (nSPS) is 11.8. The predicted molar refractivity (Wildman–Crippen MR) is 112 cm³/mol. The van der Waals surface area contributed by atoms with Crippen LogP contribution in [0.3, 0.4) is 0 Å². The fraction of sp³-hybridized carbons (Fsp3) is 0.167. The van der Waals surface area contributed by atoms with E-state index in [1.54, 1.807) is 7.11 Å². The second kappa shape index (κ2) is 8.19. The third kappa shape index (κ3) is 4.14. The van der Waals surface area contributed by atoms with Crippen LogP contribution in [0.4, 0.5) is 0 Å². The molecule has 0 aliphatic rings. The zero-order valence-electron chi connectivity index (χ0n) is 16.6. The van der Waals surface area contributed by atoms with E-state index in [2.05, 4.69) is 10.1 Å². The van der Waals surface area contributed by atoms with E-state index in [9.17, 15) is 0 Å². The van der Waals surface area contributed by atoms with E-state index in [4.69, 9.17) is 14.0 Å². The summed E-state index contributed by atoms with van der Waals surface area (Å²) in [5.74, 6) is 2.27. The molecule has 1 atom stereocenters. The quantitative estimate of drug-likeness (QED) is 0.415. The number of nitrogens with zero attached hydrogens (tertiary/aromatic N) is 2. The van der Waals surface area contributed by atoms with Crippen LogP contribution in [0.1, 0.15) is 24.2 Å². The fourth-order valence-corrected chi connectivity index (χ4v) is 3.12. The zero-order chi connectivity index (χ0) is 20.2. The van der Waals surface area contributed by atoms with Gasteiger partial charge in [0.25, 0.3) is 5.89 Å². The van der Waals surface area contributed by atoms with E-state index in [-0.39, 0.29) is 6.10 Å². The van der Waals surface area contributed by atoms with Crippen molar-refractivity contribution < 1.29 is 14.0 Å². The van der Waals surface area contributed by atoms with Crippen LogP contribution < -0.4 is 9.47 Å². The van der Waals surface area contributed by atoms with Crippen LogP contribution in [0.15, 0.2) is 77.3 Å². The molecule has 4 rings (SSSR count). The van der Waals surface area contributed by atoms with Crippen LogP contribution >= 0.6 is 0 Å². The van der Waals surface area contributed by atoms with Gasteiger partial charge >= 0.3 is 0 Å². The van der Waals surface area contributed by atoms with Crippen LogP contribution in [-0.2, 0) is 0 Å². The van der Waals surface area contributed by atoms with Crippen LogP contribution in [0, 0.1) is 6.92 Å². The summed E-state index contributed by atoms with van der Waals surface area (Å²) < 4.78 is 17.1. The summed E-state index contributed by atoms with van der Waals surface area (Å²) in [6, 6.07) is 23.7. The highest BCUT2D eigenvalue weighted by atomic mass is 16.5. The number of rotatable bonds is 6. The van der Waals surface area contributed by atoms with Crippen LogP contribution in [0.2, 0.25) is 0 Å². The maximum atomic E-state index is 6.11. The molecule has 0 aliphatic heterocycles. The molecule has 0 bridgehead atoms. The molecule has 1 aromatic heterocycles. The number of methoxy groups -OCH3 is 1. The second-order valence-electron chi connectivity index (χ2n) is 6.83. The molecule has 0 saturated heterocycles. The molecule has 29 heavy (non-hydrogen) atoms. The summed E-state index contributed by atoms with van der Waals surface area (Å²) in [5.41, 5.74) is 3.93. The fourth-order valence-electron chi connectivity index (χ4n) is 3.12. The summed E-state index contributed by atoms with van der Waals surface area (Å²) in [5, 5.41) is 4.12. The van der Waals surface area contributed by atoms with Crippen LogP contribution in [-0.4, -0.2) is 17.3 Å². The van der Waals surface area contributed by atoms with E-state index < -0.39 is 0 Å². The monoisotopic (exact) mass is 386 g/mol. The molecule has 4 aromatic rings. The molecule has 146 valence electrons. The van der Waals surface area contributed by atoms with Gasteiger partial charge in [0.05, 0.1) is 7.11 Å². The van der Waals surface area contributed by atoms with Crippen LogP contribution in [0.5, 0.6) is 11.5 Å². The van der Waals surface area contributed by atoms with Crippen molar-refractivity contribution in [1.29, 1.82) is 0 Å². The van der Waals surface area contributed by atoms with Gasteiger partial charge in [0.1, 0.15) is 6.10 Å². The topological polar surface area (TPSA) is 57.4 Å². The molecule has 3 aromatic carbocycles. The first-order chi connectivity index (χ1) is 14.1. The van der Waals surface area contributed by atoms with E-state index in [1.807, 2.05) is 86.6 Å². The average molecular weight is 386 g/mol. The van der Waals surface area contributed by atoms with Gasteiger partial charge in [0.15, 0.2) is 11.5 Å². The van der Waals surface area contributed by atoms with E-state index in [1.165, 1.54) is 0 Å². The van der Waals surface area contributed by atoms with E-state index in [0.29, 0.717) is 23.2 Å². The highest BCUT2D eigenvalue weighted by Crippen LogP contribution is 2.35. The molecule has 0 amide bonds. The molecule has 5 nitrogen and oxygen atoms in total. The van der Waals surface area contributed by atoms with Gasteiger partial charge in [-0.2, -0.15) is 4.98 Å². The summed E-state index contributed by atoms with van der Waals surface area (Å²) in [7, 11) is 1.62. The van der Waals surface area contributed by atoms with Gasteiger partial charge in [-0.1, -0.05) is 53.2 Å². The Kier molecular flexibility index (Phi) is 5.29. The lowest BCUT2D eigenvalue weighted by molar-refractivity contribution is 0.216. The molecule has 0 aliphatic carbocycles. The minimum Gasteiger partial charge on any atom is -0.493 e. The van der Waals surface area contributed by atoms with Gasteiger partial charge in [0, 0.05) is 11.1 Å². The summed E-state index contributed by atoms with van der Waals surface area (Å²) in [4.78, 5) is 4.53. The Morgan fingerprint density at radius 3 is 2.45 bits per heavy atom. The number of hydrogen-bond acceptors (Lipinski definition) is 5. The van der Waals surface area contributed by atoms with Gasteiger partial charge in [-0.05, 0) is 49.7 Å². The maximum absolute atomic E-state index is 6.11. The van der Waals surface area contributed by atoms with E-state index >= 15 is 0 Å². The standard InChI is InChI=1S/C24H22N2O3/c1-16-8-7-11-20(14-16)24-25-23(26-29-24)19-12-13-21(22(15-19)27-3)28-17(2)18-9-5-4-6-10-18/h4-15,17H,1-3H3. The SMILES string of the molecule is COc1cc(-c2noc(-c3cccc(C)c3)n2)ccc1OC(C)c1ccccc1. The largest absolute Gasteiger partial charge is 0.493 e. The molecule has 0 spiro atoms. The second-order valence-corrected chi connectivity index (χ2v) is 6.83. The summed E-state index contributed by atoms with van der Waals surface area (Å²) in [6.07, 6.45) is -0.103. The van der Waals surface area contributed by atoms with Crippen molar-refractivity contribution >= 4 is 0 Å². The van der Waals surface area contributed by atoms with Gasteiger partial charge < -0.3 is 14.0 Å². The number of hydrogen-bond donors (Lipinski definition) is 0. The third-order valence-corrected chi connectivity index (χ3v) is 4.69. The zero-order valence-corrected chi connectivity index (χ0v) is 16.6. The first-order valence-corrected chi connectivity index (χ1v) is 9.45. The van der Waals surface area contributed by atoms with Gasteiger partial charge in [0.2, 0.25) is 5.82 Å². The first-order valence-electron chi connectivity index (χ1n) is 9.45. The van der Waals surface area contributed by atoms with Crippen molar-refractivity contribution in [1.82, 2.24) is 10.1 Å². The first kappa shape index (κ1) is 18.7. The molecule has 1 unspecified atom stereocenters. The lowest BCUT2D eigenvalue weighted by Crippen LogP contribution is -2.04. The number of aryl methyl sites for hydroxylation is 1. The average Bonchev–Trinajstić information content (AvgIpc) is 3.25. The molecule has 5 heteroatoms. The van der Waals surface area contributed by atoms with Gasteiger partial charge in [-0.15, -0.1) is 0 Å². The Balaban J connectivity index is 1.58. The highest BCUT2D eigenvalue weighted by Gasteiger charge is 2.15. The minimum absolute atomic E-state index is 0.103. The Morgan fingerprint density at radius 1 is 0.862 bits per heavy atom. The third-order valence-electron chi connectivity index (χ3n) is 4.69. The lowest BCUT2D eigenvalue weighted by atomic mass is 10.1. The summed E-state index contributed by atoms with van der Waals surface area (Å²) >= 11 is 0. The molecular formula is C24H22N2O3. The predicted octanol–water partition coefficient (Wildman–Crippen LogP) is 5.86. The Labute approximate surface area is 169 Å². The highest BCUT2D eigenvalue weighted by molar-refractivity contribution is 5.63. The molecule has 0 N–H and O–H groups in total. The van der Waals surface area contributed by atoms with Gasteiger partial charge in [-0.3, -0.25) is 0 Å². The minimum atomic E-state index is -0.103. The van der Waals surface area contributed by atoms with Gasteiger partial charge in [-0.25, -0.2) is 0 Å². The molecule has 1 heterocycles. The number of benzene rings is 3. The Hall–Kier alpha value is -3.60. The van der Waals surface area contributed by atoms with Crippen molar-refractivity contribution in [3.8, 4) is 34.3 Å². The van der Waals surface area contributed by atoms with Crippen molar-refractivity contribution in [3.63, 3.8) is 0 Å². The molecule has 0 fully saturated rings. The number of ether oxygens (including phenoxy) is 2.